The molecule has 1 saturated carbocycles. The summed E-state index contributed by atoms with van der Waals surface area (Å²) in [5.41, 5.74) is 0.430. The molecule has 11 heteroatoms. The van der Waals surface area contributed by atoms with Crippen LogP contribution in [0.4, 0.5) is 4.39 Å². The first-order valence-corrected chi connectivity index (χ1v) is 13.0. The fourth-order valence-electron chi connectivity index (χ4n) is 4.77. The number of Topliss-reactive ketones (excluding diaryl/α,β-unsaturated/α-hetero) is 1. The molecule has 1 amide bonds. The van der Waals surface area contributed by atoms with Crippen LogP contribution in [0.5, 0.6) is 18.0 Å². The predicted molar refractivity (Wildman–Crippen MR) is 139 cm³/mol. The Morgan fingerprint density at radius 3 is 2.15 bits per heavy atom. The van der Waals surface area contributed by atoms with Crippen LogP contribution in [-0.2, 0) is 9.53 Å². The summed E-state index contributed by atoms with van der Waals surface area (Å²) in [5.74, 6) is -1.43. The van der Waals surface area contributed by atoms with Gasteiger partial charge in [-0.05, 0) is 37.1 Å². The van der Waals surface area contributed by atoms with Gasteiger partial charge in [0.05, 0.1) is 13.2 Å². The Hall–Kier alpha value is -3.86. The third kappa shape index (κ3) is 7.60. The lowest BCUT2D eigenvalue weighted by atomic mass is 9.74. The van der Waals surface area contributed by atoms with Crippen molar-refractivity contribution in [2.75, 3.05) is 39.5 Å². The first-order chi connectivity index (χ1) is 19.0. The summed E-state index contributed by atoms with van der Waals surface area (Å²) in [4.78, 5) is 40.9. The molecule has 4 rings (SSSR count). The number of carbonyl (C=O) groups excluding carboxylic acids is 2. The Labute approximate surface area is 226 Å². The van der Waals surface area contributed by atoms with Gasteiger partial charge in [-0.25, -0.2) is 4.39 Å². The third-order valence-electron chi connectivity index (χ3n) is 6.63. The molecule has 0 N–H and O–H groups in total. The first-order valence-electron chi connectivity index (χ1n) is 13.0. The summed E-state index contributed by atoms with van der Waals surface area (Å²) < 4.78 is 35.7. The van der Waals surface area contributed by atoms with Crippen LogP contribution in [0, 0.1) is 17.7 Å². The van der Waals surface area contributed by atoms with Gasteiger partial charge in [-0.15, -0.1) is 15.0 Å². The van der Waals surface area contributed by atoms with Crippen LogP contribution in [-0.4, -0.2) is 77.2 Å². The highest BCUT2D eigenvalue weighted by Crippen LogP contribution is 2.34. The van der Waals surface area contributed by atoms with Gasteiger partial charge in [0.1, 0.15) is 31.7 Å². The quantitative estimate of drug-likeness (QED) is 0.295. The van der Waals surface area contributed by atoms with E-state index in [-0.39, 0.29) is 49.5 Å². The van der Waals surface area contributed by atoms with Crippen molar-refractivity contribution >= 4 is 11.7 Å². The molecule has 1 saturated heterocycles. The molecule has 1 aliphatic heterocycles. The summed E-state index contributed by atoms with van der Waals surface area (Å²) in [6.45, 7) is 8.74. The van der Waals surface area contributed by atoms with E-state index in [4.69, 9.17) is 18.9 Å². The van der Waals surface area contributed by atoms with Gasteiger partial charge in [-0.1, -0.05) is 38.2 Å². The molecule has 10 nitrogen and oxygen atoms in total. The zero-order valence-electron chi connectivity index (χ0n) is 21.8. The molecule has 0 bridgehead atoms. The van der Waals surface area contributed by atoms with E-state index < -0.39 is 23.8 Å². The number of hydrogen-bond donors (Lipinski definition) is 0. The lowest BCUT2D eigenvalue weighted by molar-refractivity contribution is -0.146. The fraction of sp³-hybridized carbons (Fsp3) is 0.464. The van der Waals surface area contributed by atoms with Gasteiger partial charge in [0.2, 0.25) is 5.91 Å². The van der Waals surface area contributed by atoms with Crippen LogP contribution in [0.1, 0.15) is 36.0 Å². The third-order valence-corrected chi connectivity index (χ3v) is 6.63. The second-order valence-corrected chi connectivity index (χ2v) is 9.34. The summed E-state index contributed by atoms with van der Waals surface area (Å²) in [5, 5.41) is 0. The highest BCUT2D eigenvalue weighted by molar-refractivity contribution is 6.00. The van der Waals surface area contributed by atoms with Crippen molar-refractivity contribution in [2.24, 2.45) is 11.8 Å². The summed E-state index contributed by atoms with van der Waals surface area (Å²) in [6, 6.07) is 5.55. The maximum Gasteiger partial charge on any atom is 0.326 e. The Kier molecular flexibility index (Phi) is 9.96. The number of ketones is 1. The topological polar surface area (TPSA) is 113 Å². The molecule has 2 heterocycles. The van der Waals surface area contributed by atoms with E-state index in [1.54, 1.807) is 17.1 Å². The van der Waals surface area contributed by atoms with Gasteiger partial charge in [0.15, 0.2) is 5.78 Å². The second-order valence-electron chi connectivity index (χ2n) is 9.34. The Morgan fingerprint density at radius 1 is 0.949 bits per heavy atom. The zero-order chi connectivity index (χ0) is 27.6. The molecule has 208 valence electrons. The fourth-order valence-corrected chi connectivity index (χ4v) is 4.77. The molecule has 0 spiro atoms. The number of aromatic nitrogens is 3. The molecular formula is C28H33FN4O6. The number of nitrogens with zero attached hydrogens (tertiary/aromatic N) is 4. The van der Waals surface area contributed by atoms with Crippen molar-refractivity contribution in [3.05, 3.63) is 61.0 Å². The van der Waals surface area contributed by atoms with Gasteiger partial charge < -0.3 is 23.8 Å². The minimum Gasteiger partial charge on any atom is -0.460 e. The molecule has 1 aliphatic carbocycles. The molecule has 2 fully saturated rings. The highest BCUT2D eigenvalue weighted by Gasteiger charge is 2.39. The smallest absolute Gasteiger partial charge is 0.326 e. The number of carbonyl (C=O) groups is 2. The number of halogens is 1. The molecular weight excluding hydrogens is 507 g/mol. The maximum absolute atomic E-state index is 13.6. The summed E-state index contributed by atoms with van der Waals surface area (Å²) in [7, 11) is 0. The van der Waals surface area contributed by atoms with Gasteiger partial charge >= 0.3 is 18.0 Å². The normalized spacial score (nSPS) is 21.1. The van der Waals surface area contributed by atoms with E-state index >= 15 is 0 Å². The monoisotopic (exact) mass is 540 g/mol. The maximum atomic E-state index is 13.6. The molecule has 0 radical (unpaired) electrons. The lowest BCUT2D eigenvalue weighted by Gasteiger charge is -2.38. The molecule has 39 heavy (non-hydrogen) atoms. The molecule has 1 unspecified atom stereocenters. The number of ether oxygens (including phenoxy) is 4. The SMILES string of the molecule is C=CCOc1nc(OCC=C)nc(OCC2CN(C(=O)[C@@H]3CCCC[C@H]3C(=O)c3ccc(F)cc3)CCO2)n1. The minimum atomic E-state index is -0.428. The molecule has 1 aromatic carbocycles. The standard InChI is InChI=1S/C28H33FN4O6/c1-3-14-37-26-30-27(38-15-4-2)32-28(31-26)39-18-21-17-33(13-16-36-21)25(35)23-8-6-5-7-22(23)24(34)19-9-11-20(29)12-10-19/h3-4,9-12,21-23H,1-2,5-8,13-18H2/t21?,22-,23-/m1/s1. The molecule has 2 aromatic rings. The van der Waals surface area contributed by atoms with Gasteiger partial charge in [0.25, 0.3) is 0 Å². The first kappa shape index (κ1) is 28.2. The van der Waals surface area contributed by atoms with E-state index in [2.05, 4.69) is 28.1 Å². The zero-order valence-corrected chi connectivity index (χ0v) is 21.8. The van der Waals surface area contributed by atoms with Crippen molar-refractivity contribution in [1.82, 2.24) is 19.9 Å². The van der Waals surface area contributed by atoms with Crippen molar-refractivity contribution in [3.8, 4) is 18.0 Å². The Bertz CT molecular complexity index is 1130. The average molecular weight is 541 g/mol. The number of benzene rings is 1. The number of rotatable bonds is 12. The van der Waals surface area contributed by atoms with E-state index in [9.17, 15) is 14.0 Å². The van der Waals surface area contributed by atoms with E-state index in [1.807, 2.05) is 0 Å². The van der Waals surface area contributed by atoms with Gasteiger partial charge in [0, 0.05) is 23.9 Å². The summed E-state index contributed by atoms with van der Waals surface area (Å²) >= 11 is 0. The summed E-state index contributed by atoms with van der Waals surface area (Å²) in [6.07, 6.45) is 5.72. The Morgan fingerprint density at radius 2 is 1.54 bits per heavy atom. The largest absolute Gasteiger partial charge is 0.460 e. The second kappa shape index (κ2) is 13.8. The van der Waals surface area contributed by atoms with Crippen LogP contribution in [0.25, 0.3) is 0 Å². The number of amides is 1. The van der Waals surface area contributed by atoms with Crippen LogP contribution >= 0.6 is 0 Å². The number of morpholine rings is 1. The highest BCUT2D eigenvalue weighted by atomic mass is 19.1. The minimum absolute atomic E-state index is 0.00702. The predicted octanol–water partition coefficient (Wildman–Crippen LogP) is 3.44. The van der Waals surface area contributed by atoms with Crippen molar-refractivity contribution in [2.45, 2.75) is 31.8 Å². The van der Waals surface area contributed by atoms with E-state index in [0.29, 0.717) is 38.1 Å². The van der Waals surface area contributed by atoms with Crippen LogP contribution in [0.2, 0.25) is 0 Å². The van der Waals surface area contributed by atoms with Crippen molar-refractivity contribution in [3.63, 3.8) is 0 Å². The van der Waals surface area contributed by atoms with Gasteiger partial charge in [-0.3, -0.25) is 9.59 Å². The van der Waals surface area contributed by atoms with Crippen LogP contribution in [0.3, 0.4) is 0 Å². The molecule has 3 atom stereocenters. The van der Waals surface area contributed by atoms with Crippen LogP contribution < -0.4 is 14.2 Å². The molecule has 1 aromatic heterocycles. The van der Waals surface area contributed by atoms with Crippen molar-refractivity contribution < 1.29 is 32.9 Å². The average Bonchev–Trinajstić information content (AvgIpc) is 2.97. The Balaban J connectivity index is 1.39. The van der Waals surface area contributed by atoms with Gasteiger partial charge in [-0.2, -0.15) is 0 Å². The molecule has 2 aliphatic rings. The van der Waals surface area contributed by atoms with E-state index in [1.165, 1.54) is 24.3 Å². The van der Waals surface area contributed by atoms with Crippen molar-refractivity contribution in [1.29, 1.82) is 0 Å². The van der Waals surface area contributed by atoms with Crippen LogP contribution in [0.15, 0.2) is 49.6 Å². The number of hydrogen-bond acceptors (Lipinski definition) is 9. The van der Waals surface area contributed by atoms with E-state index in [0.717, 1.165) is 12.8 Å². The lowest BCUT2D eigenvalue weighted by Crippen LogP contribution is -2.51.